The fraction of sp³-hybridized carbons (Fsp3) is 1.00. The molecule has 0 spiro atoms. The third kappa shape index (κ3) is 13.6. The van der Waals surface area contributed by atoms with Crippen LogP contribution in [0.3, 0.4) is 0 Å². The highest BCUT2D eigenvalue weighted by Gasteiger charge is 2.21. The Balaban J connectivity index is 3.54. The molecule has 0 rings (SSSR count). The lowest BCUT2D eigenvalue weighted by Crippen LogP contribution is -2.38. The standard InChI is InChI=1S/C21H45N/c1-4-7-9-11-13-15-17-19-21(22,6-3)20-18-16-14-12-10-8-5-2/h4-20,22H2,1-3H3. The van der Waals surface area contributed by atoms with Gasteiger partial charge in [0.25, 0.3) is 0 Å². The highest BCUT2D eigenvalue weighted by atomic mass is 14.7. The number of hydrogen-bond donors (Lipinski definition) is 1. The Morgan fingerprint density at radius 3 is 1.14 bits per heavy atom. The molecule has 0 atom stereocenters. The second kappa shape index (κ2) is 15.8. The van der Waals surface area contributed by atoms with Gasteiger partial charge in [-0.05, 0) is 19.3 Å². The summed E-state index contributed by atoms with van der Waals surface area (Å²) in [5, 5.41) is 0. The van der Waals surface area contributed by atoms with Crippen LogP contribution in [0.15, 0.2) is 0 Å². The Bertz CT molecular complexity index is 194. The maximum atomic E-state index is 6.62. The van der Waals surface area contributed by atoms with E-state index >= 15 is 0 Å². The van der Waals surface area contributed by atoms with E-state index in [1.807, 2.05) is 0 Å². The predicted molar refractivity (Wildman–Crippen MR) is 102 cm³/mol. The molecule has 0 aromatic rings. The first-order valence-electron chi connectivity index (χ1n) is 10.5. The Morgan fingerprint density at radius 1 is 0.500 bits per heavy atom. The van der Waals surface area contributed by atoms with Gasteiger partial charge in [0.2, 0.25) is 0 Å². The highest BCUT2D eigenvalue weighted by molar-refractivity contribution is 4.82. The molecule has 2 N–H and O–H groups in total. The van der Waals surface area contributed by atoms with Crippen molar-refractivity contribution in [1.29, 1.82) is 0 Å². The van der Waals surface area contributed by atoms with Gasteiger partial charge in [-0.2, -0.15) is 0 Å². The smallest absolute Gasteiger partial charge is 0.0151 e. The molecule has 0 saturated carbocycles. The van der Waals surface area contributed by atoms with Crippen molar-refractivity contribution in [1.82, 2.24) is 0 Å². The molecule has 0 heterocycles. The molecule has 0 aromatic heterocycles. The second-order valence-corrected chi connectivity index (χ2v) is 7.46. The first kappa shape index (κ1) is 22.0. The first-order chi connectivity index (χ1) is 10.7. The number of hydrogen-bond acceptors (Lipinski definition) is 1. The van der Waals surface area contributed by atoms with Gasteiger partial charge in [-0.3, -0.25) is 0 Å². The average Bonchev–Trinajstić information content (AvgIpc) is 2.53. The zero-order valence-electron chi connectivity index (χ0n) is 16.1. The van der Waals surface area contributed by atoms with Crippen LogP contribution >= 0.6 is 0 Å². The lowest BCUT2D eigenvalue weighted by atomic mass is 9.85. The van der Waals surface area contributed by atoms with Crippen molar-refractivity contribution in [2.75, 3.05) is 0 Å². The molecule has 22 heavy (non-hydrogen) atoms. The van der Waals surface area contributed by atoms with Crippen LogP contribution in [0.5, 0.6) is 0 Å². The topological polar surface area (TPSA) is 26.0 Å². The number of nitrogens with two attached hydrogens (primary N) is 1. The second-order valence-electron chi connectivity index (χ2n) is 7.46. The fourth-order valence-electron chi connectivity index (χ4n) is 3.35. The molecule has 0 saturated heterocycles. The van der Waals surface area contributed by atoms with Gasteiger partial charge < -0.3 is 5.73 Å². The van der Waals surface area contributed by atoms with Gasteiger partial charge in [-0.15, -0.1) is 0 Å². The number of unbranched alkanes of at least 4 members (excludes halogenated alkanes) is 12. The van der Waals surface area contributed by atoms with E-state index in [2.05, 4.69) is 20.8 Å². The summed E-state index contributed by atoms with van der Waals surface area (Å²) in [6.45, 7) is 6.85. The van der Waals surface area contributed by atoms with Gasteiger partial charge in [-0.25, -0.2) is 0 Å². The molecule has 0 radical (unpaired) electrons. The monoisotopic (exact) mass is 311 g/mol. The summed E-state index contributed by atoms with van der Waals surface area (Å²) >= 11 is 0. The molecule has 0 aliphatic rings. The molecule has 1 nitrogen and oxygen atoms in total. The summed E-state index contributed by atoms with van der Waals surface area (Å²) in [6.07, 6.45) is 23.1. The molecule has 0 amide bonds. The molecule has 1 heteroatoms. The van der Waals surface area contributed by atoms with Crippen molar-refractivity contribution >= 4 is 0 Å². The van der Waals surface area contributed by atoms with E-state index < -0.39 is 0 Å². The van der Waals surface area contributed by atoms with Crippen LogP contribution < -0.4 is 5.73 Å². The van der Waals surface area contributed by atoms with Crippen LogP contribution in [0.2, 0.25) is 0 Å². The highest BCUT2D eigenvalue weighted by Crippen LogP contribution is 2.24. The minimum atomic E-state index is 0.132. The third-order valence-corrected chi connectivity index (χ3v) is 5.26. The first-order valence-corrected chi connectivity index (χ1v) is 10.5. The molecule has 0 aliphatic carbocycles. The molecule has 134 valence electrons. The zero-order chi connectivity index (χ0) is 16.5. The van der Waals surface area contributed by atoms with Crippen molar-refractivity contribution in [3.8, 4) is 0 Å². The van der Waals surface area contributed by atoms with Crippen molar-refractivity contribution in [2.24, 2.45) is 5.73 Å². The van der Waals surface area contributed by atoms with Crippen molar-refractivity contribution < 1.29 is 0 Å². The molecule has 0 aromatic carbocycles. The van der Waals surface area contributed by atoms with E-state index in [0.29, 0.717) is 0 Å². The number of rotatable bonds is 17. The average molecular weight is 312 g/mol. The van der Waals surface area contributed by atoms with Crippen molar-refractivity contribution in [2.45, 2.75) is 135 Å². The Labute approximate surface area is 141 Å². The van der Waals surface area contributed by atoms with E-state index in [1.165, 1.54) is 103 Å². The van der Waals surface area contributed by atoms with Crippen LogP contribution in [-0.2, 0) is 0 Å². The van der Waals surface area contributed by atoms with Crippen LogP contribution in [0.4, 0.5) is 0 Å². The van der Waals surface area contributed by atoms with Gasteiger partial charge in [0.15, 0.2) is 0 Å². The lowest BCUT2D eigenvalue weighted by molar-refractivity contribution is 0.324. The molecular weight excluding hydrogens is 266 g/mol. The van der Waals surface area contributed by atoms with E-state index in [1.54, 1.807) is 0 Å². The zero-order valence-corrected chi connectivity index (χ0v) is 16.1. The minimum absolute atomic E-state index is 0.132. The Hall–Kier alpha value is -0.0400. The van der Waals surface area contributed by atoms with E-state index in [9.17, 15) is 0 Å². The van der Waals surface area contributed by atoms with Gasteiger partial charge >= 0.3 is 0 Å². The summed E-state index contributed by atoms with van der Waals surface area (Å²) in [6, 6.07) is 0. The van der Waals surface area contributed by atoms with Crippen molar-refractivity contribution in [3.63, 3.8) is 0 Å². The minimum Gasteiger partial charge on any atom is -0.325 e. The Morgan fingerprint density at radius 2 is 0.818 bits per heavy atom. The quantitative estimate of drug-likeness (QED) is 0.279. The largest absolute Gasteiger partial charge is 0.325 e. The summed E-state index contributed by atoms with van der Waals surface area (Å²) in [4.78, 5) is 0. The molecule has 0 bridgehead atoms. The van der Waals surface area contributed by atoms with Crippen LogP contribution in [0.1, 0.15) is 130 Å². The third-order valence-electron chi connectivity index (χ3n) is 5.26. The van der Waals surface area contributed by atoms with Crippen LogP contribution in [-0.4, -0.2) is 5.54 Å². The molecule has 0 aliphatic heterocycles. The SMILES string of the molecule is CCCCCCCCCC(N)(CC)CCCCCCCCC. The van der Waals surface area contributed by atoms with Crippen molar-refractivity contribution in [3.05, 3.63) is 0 Å². The summed E-state index contributed by atoms with van der Waals surface area (Å²) < 4.78 is 0. The van der Waals surface area contributed by atoms with Gasteiger partial charge in [0, 0.05) is 5.54 Å². The van der Waals surface area contributed by atoms with Crippen LogP contribution in [0.25, 0.3) is 0 Å². The fourth-order valence-corrected chi connectivity index (χ4v) is 3.35. The van der Waals surface area contributed by atoms with Gasteiger partial charge in [0.05, 0.1) is 0 Å². The maximum absolute atomic E-state index is 6.62. The van der Waals surface area contributed by atoms with Gasteiger partial charge in [0.1, 0.15) is 0 Å². The maximum Gasteiger partial charge on any atom is 0.0151 e. The Kier molecular flexibility index (Phi) is 15.8. The normalized spacial score (nSPS) is 12.0. The molecule has 0 fully saturated rings. The summed E-state index contributed by atoms with van der Waals surface area (Å²) in [7, 11) is 0. The van der Waals surface area contributed by atoms with Gasteiger partial charge in [-0.1, -0.05) is 111 Å². The van der Waals surface area contributed by atoms with Crippen LogP contribution in [0, 0.1) is 0 Å². The van der Waals surface area contributed by atoms with E-state index in [-0.39, 0.29) is 5.54 Å². The van der Waals surface area contributed by atoms with E-state index in [0.717, 1.165) is 6.42 Å². The lowest BCUT2D eigenvalue weighted by Gasteiger charge is -2.28. The summed E-state index contributed by atoms with van der Waals surface area (Å²) in [5.74, 6) is 0. The predicted octanol–water partition coefficient (Wildman–Crippen LogP) is 7.38. The van der Waals surface area contributed by atoms with E-state index in [4.69, 9.17) is 5.73 Å². The molecule has 0 unspecified atom stereocenters. The molecular formula is C21H45N. The summed E-state index contributed by atoms with van der Waals surface area (Å²) in [5.41, 5.74) is 6.75.